The van der Waals surface area contributed by atoms with Gasteiger partial charge in [-0.1, -0.05) is 6.92 Å². The van der Waals surface area contributed by atoms with E-state index >= 15 is 0 Å². The van der Waals surface area contributed by atoms with Gasteiger partial charge >= 0.3 is 0 Å². The summed E-state index contributed by atoms with van der Waals surface area (Å²) < 4.78 is 38.6. The van der Waals surface area contributed by atoms with Crippen LogP contribution in [0.3, 0.4) is 0 Å². The molecule has 0 radical (unpaired) electrons. The molecule has 0 saturated heterocycles. The Hall–Kier alpha value is -1.56. The third-order valence-corrected chi connectivity index (χ3v) is 2.59. The summed E-state index contributed by atoms with van der Waals surface area (Å²) in [6.45, 7) is 2.25. The summed E-state index contributed by atoms with van der Waals surface area (Å²) in [5.41, 5.74) is 5.12. The van der Waals surface area contributed by atoms with Gasteiger partial charge in [-0.3, -0.25) is 4.79 Å². The van der Waals surface area contributed by atoms with Crippen LogP contribution in [0.25, 0.3) is 0 Å². The molecular formula is C12H15F3N2O. The highest BCUT2D eigenvalue weighted by Crippen LogP contribution is 2.14. The van der Waals surface area contributed by atoms with Crippen LogP contribution >= 0.6 is 0 Å². The fourth-order valence-corrected chi connectivity index (χ4v) is 1.53. The topological polar surface area (TPSA) is 55.1 Å². The molecule has 18 heavy (non-hydrogen) atoms. The number of hydrogen-bond donors (Lipinski definition) is 2. The van der Waals surface area contributed by atoms with E-state index in [2.05, 4.69) is 5.32 Å². The number of carbonyl (C=O) groups excluding carboxylic acids is 1. The Morgan fingerprint density at radius 1 is 1.33 bits per heavy atom. The second-order valence-corrected chi connectivity index (χ2v) is 3.91. The van der Waals surface area contributed by atoms with Crippen molar-refractivity contribution in [3.8, 4) is 0 Å². The molecule has 1 aromatic rings. The normalized spacial score (nSPS) is 12.3. The van der Waals surface area contributed by atoms with E-state index in [1.54, 1.807) is 0 Å². The molecule has 3 nitrogen and oxygen atoms in total. The molecule has 3 N–H and O–H groups in total. The van der Waals surface area contributed by atoms with Crippen LogP contribution in [0.2, 0.25) is 0 Å². The van der Waals surface area contributed by atoms with Crippen molar-refractivity contribution in [1.82, 2.24) is 5.32 Å². The number of amides is 1. The Morgan fingerprint density at radius 3 is 2.33 bits per heavy atom. The summed E-state index contributed by atoms with van der Waals surface area (Å²) in [4.78, 5) is 11.7. The van der Waals surface area contributed by atoms with Gasteiger partial charge in [0.05, 0.1) is 0 Å². The number of nitrogens with one attached hydrogen (secondary N) is 1. The molecule has 0 aromatic heterocycles. The Balaban J connectivity index is 2.84. The SMILES string of the molecule is CCC(CCN)NC(=O)c1cc(F)c(F)c(F)c1. The van der Waals surface area contributed by atoms with Crippen molar-refractivity contribution in [2.24, 2.45) is 5.73 Å². The molecule has 1 atom stereocenters. The molecule has 0 spiro atoms. The number of carbonyl (C=O) groups is 1. The van der Waals surface area contributed by atoms with E-state index in [1.165, 1.54) is 0 Å². The summed E-state index contributed by atoms with van der Waals surface area (Å²) in [5.74, 6) is -4.99. The first-order valence-corrected chi connectivity index (χ1v) is 5.65. The molecule has 0 bridgehead atoms. The van der Waals surface area contributed by atoms with Gasteiger partial charge in [-0.05, 0) is 31.5 Å². The first-order valence-electron chi connectivity index (χ1n) is 5.65. The Kier molecular flexibility index (Phi) is 5.15. The van der Waals surface area contributed by atoms with Gasteiger partial charge in [-0.2, -0.15) is 0 Å². The summed E-state index contributed by atoms with van der Waals surface area (Å²) >= 11 is 0. The van der Waals surface area contributed by atoms with Crippen LogP contribution < -0.4 is 11.1 Å². The van der Waals surface area contributed by atoms with Crippen molar-refractivity contribution in [1.29, 1.82) is 0 Å². The minimum atomic E-state index is -1.58. The standard InChI is InChI=1S/C12H15F3N2O/c1-2-8(3-4-16)17-12(18)7-5-9(13)11(15)10(14)6-7/h5-6,8H,2-4,16H2,1H3,(H,17,18). The maximum atomic E-state index is 13.0. The summed E-state index contributed by atoms with van der Waals surface area (Å²) in [6.07, 6.45) is 1.21. The largest absolute Gasteiger partial charge is 0.349 e. The average molecular weight is 260 g/mol. The van der Waals surface area contributed by atoms with Crippen molar-refractivity contribution in [3.05, 3.63) is 35.1 Å². The van der Waals surface area contributed by atoms with Crippen molar-refractivity contribution in [3.63, 3.8) is 0 Å². The first-order chi connectivity index (χ1) is 8.49. The van der Waals surface area contributed by atoms with Gasteiger partial charge in [-0.15, -0.1) is 0 Å². The highest BCUT2D eigenvalue weighted by Gasteiger charge is 2.17. The van der Waals surface area contributed by atoms with Gasteiger partial charge in [0.25, 0.3) is 5.91 Å². The zero-order valence-electron chi connectivity index (χ0n) is 9.97. The van der Waals surface area contributed by atoms with Gasteiger partial charge < -0.3 is 11.1 Å². The van der Waals surface area contributed by atoms with Crippen LogP contribution in [0.4, 0.5) is 13.2 Å². The molecule has 1 rings (SSSR count). The minimum absolute atomic E-state index is 0.168. The molecule has 0 fully saturated rings. The molecule has 1 aromatic carbocycles. The highest BCUT2D eigenvalue weighted by molar-refractivity contribution is 5.94. The van der Waals surface area contributed by atoms with Crippen molar-refractivity contribution < 1.29 is 18.0 Å². The molecule has 0 saturated carbocycles. The molecule has 1 unspecified atom stereocenters. The molecule has 1 amide bonds. The molecule has 6 heteroatoms. The second-order valence-electron chi connectivity index (χ2n) is 3.91. The number of nitrogens with two attached hydrogens (primary N) is 1. The average Bonchev–Trinajstić information content (AvgIpc) is 2.34. The van der Waals surface area contributed by atoms with Crippen molar-refractivity contribution in [2.45, 2.75) is 25.8 Å². The van der Waals surface area contributed by atoms with Crippen LogP contribution in [0.5, 0.6) is 0 Å². The Bertz CT molecular complexity index is 414. The fraction of sp³-hybridized carbons (Fsp3) is 0.417. The third-order valence-electron chi connectivity index (χ3n) is 2.59. The van der Waals surface area contributed by atoms with E-state index in [0.717, 1.165) is 0 Å². The molecule has 0 aliphatic rings. The molecule has 0 heterocycles. The summed E-state index contributed by atoms with van der Waals surface area (Å²) in [5, 5.41) is 2.58. The maximum absolute atomic E-state index is 13.0. The molecular weight excluding hydrogens is 245 g/mol. The van der Waals surface area contributed by atoms with E-state index < -0.39 is 23.4 Å². The lowest BCUT2D eigenvalue weighted by atomic mass is 10.1. The predicted molar refractivity (Wildman–Crippen MR) is 61.5 cm³/mol. The lowest BCUT2D eigenvalue weighted by molar-refractivity contribution is 0.0933. The number of rotatable bonds is 5. The third kappa shape index (κ3) is 3.46. The van der Waals surface area contributed by atoms with Crippen LogP contribution in [-0.4, -0.2) is 18.5 Å². The van der Waals surface area contributed by atoms with E-state index in [9.17, 15) is 18.0 Å². The molecule has 0 aliphatic heterocycles. The number of halogens is 3. The second kappa shape index (κ2) is 6.39. The predicted octanol–water partition coefficient (Wildman–Crippen LogP) is 1.96. The van der Waals surface area contributed by atoms with E-state index in [1.807, 2.05) is 6.92 Å². The smallest absolute Gasteiger partial charge is 0.251 e. The van der Waals surface area contributed by atoms with Gasteiger partial charge in [-0.25, -0.2) is 13.2 Å². The lowest BCUT2D eigenvalue weighted by Gasteiger charge is -2.16. The van der Waals surface area contributed by atoms with Gasteiger partial charge in [0.2, 0.25) is 0 Å². The van der Waals surface area contributed by atoms with Crippen LogP contribution in [0.15, 0.2) is 12.1 Å². The number of benzene rings is 1. The van der Waals surface area contributed by atoms with Gasteiger partial charge in [0.15, 0.2) is 17.5 Å². The van der Waals surface area contributed by atoms with E-state index in [0.29, 0.717) is 31.5 Å². The van der Waals surface area contributed by atoms with E-state index in [4.69, 9.17) is 5.73 Å². The quantitative estimate of drug-likeness (QED) is 0.795. The lowest BCUT2D eigenvalue weighted by Crippen LogP contribution is -2.36. The van der Waals surface area contributed by atoms with Crippen LogP contribution in [0, 0.1) is 17.5 Å². The van der Waals surface area contributed by atoms with Gasteiger partial charge in [0.1, 0.15) is 0 Å². The maximum Gasteiger partial charge on any atom is 0.251 e. The first kappa shape index (κ1) is 14.5. The molecule has 0 aliphatic carbocycles. The number of hydrogen-bond acceptors (Lipinski definition) is 2. The minimum Gasteiger partial charge on any atom is -0.349 e. The van der Waals surface area contributed by atoms with Crippen molar-refractivity contribution in [2.75, 3.05) is 6.54 Å². The highest BCUT2D eigenvalue weighted by atomic mass is 19.2. The van der Waals surface area contributed by atoms with Crippen molar-refractivity contribution >= 4 is 5.91 Å². The van der Waals surface area contributed by atoms with Gasteiger partial charge in [0, 0.05) is 11.6 Å². The zero-order chi connectivity index (χ0) is 13.7. The zero-order valence-corrected chi connectivity index (χ0v) is 9.97. The summed E-state index contributed by atoms with van der Waals surface area (Å²) in [6, 6.07) is 1.17. The Labute approximate surface area is 103 Å². The summed E-state index contributed by atoms with van der Waals surface area (Å²) in [7, 11) is 0. The fourth-order valence-electron chi connectivity index (χ4n) is 1.53. The van der Waals surface area contributed by atoms with E-state index in [-0.39, 0.29) is 11.6 Å². The molecule has 100 valence electrons. The van der Waals surface area contributed by atoms with Crippen LogP contribution in [-0.2, 0) is 0 Å². The monoisotopic (exact) mass is 260 g/mol. The van der Waals surface area contributed by atoms with Crippen LogP contribution in [0.1, 0.15) is 30.1 Å². The Morgan fingerprint density at radius 2 is 1.89 bits per heavy atom.